The Morgan fingerprint density at radius 2 is 2.26 bits per heavy atom. The standard InChI is InChI=1S/C13H16N2O3S/c1-15-7-6-9(13(15)18)14-12(17)5-4-10(16)11-3-2-8-19-11/h2-3,8-9H,4-7H2,1H3,(H,14,17). The molecular weight excluding hydrogens is 264 g/mol. The molecule has 5 nitrogen and oxygen atoms in total. The number of rotatable bonds is 5. The smallest absolute Gasteiger partial charge is 0.244 e. The van der Waals surface area contributed by atoms with E-state index in [1.54, 1.807) is 18.0 Å². The molecule has 6 heteroatoms. The summed E-state index contributed by atoms with van der Waals surface area (Å²) in [5.74, 6) is -0.323. The zero-order valence-electron chi connectivity index (χ0n) is 10.7. The van der Waals surface area contributed by atoms with Gasteiger partial charge in [-0.15, -0.1) is 11.3 Å². The van der Waals surface area contributed by atoms with Gasteiger partial charge in [0.05, 0.1) is 4.88 Å². The lowest BCUT2D eigenvalue weighted by Crippen LogP contribution is -2.40. The van der Waals surface area contributed by atoms with E-state index >= 15 is 0 Å². The molecule has 0 radical (unpaired) electrons. The number of nitrogens with one attached hydrogen (secondary N) is 1. The average Bonchev–Trinajstić information content (AvgIpc) is 3.02. The number of carbonyl (C=O) groups is 3. The van der Waals surface area contributed by atoms with Crippen LogP contribution in [0, 0.1) is 0 Å². The van der Waals surface area contributed by atoms with Crippen molar-refractivity contribution in [2.75, 3.05) is 13.6 Å². The van der Waals surface area contributed by atoms with Crippen molar-refractivity contribution in [3.8, 4) is 0 Å². The van der Waals surface area contributed by atoms with E-state index in [0.717, 1.165) is 0 Å². The van der Waals surface area contributed by atoms with Gasteiger partial charge in [-0.3, -0.25) is 14.4 Å². The monoisotopic (exact) mass is 280 g/mol. The highest BCUT2D eigenvalue weighted by molar-refractivity contribution is 7.12. The predicted octanol–water partition coefficient (Wildman–Crippen LogP) is 1.06. The second-order valence-corrected chi connectivity index (χ2v) is 5.52. The van der Waals surface area contributed by atoms with Crippen molar-refractivity contribution >= 4 is 28.9 Å². The number of hydrogen-bond acceptors (Lipinski definition) is 4. The third-order valence-corrected chi connectivity index (χ3v) is 4.05. The normalized spacial score (nSPS) is 18.7. The number of amides is 2. The van der Waals surface area contributed by atoms with Crippen LogP contribution < -0.4 is 5.32 Å². The molecule has 2 heterocycles. The minimum absolute atomic E-state index is 0.0278. The molecule has 1 aliphatic rings. The van der Waals surface area contributed by atoms with Gasteiger partial charge in [0.2, 0.25) is 11.8 Å². The summed E-state index contributed by atoms with van der Waals surface area (Å²) < 4.78 is 0. The van der Waals surface area contributed by atoms with Crippen molar-refractivity contribution in [1.29, 1.82) is 0 Å². The van der Waals surface area contributed by atoms with Gasteiger partial charge in [-0.1, -0.05) is 6.07 Å². The molecule has 0 aromatic carbocycles. The first-order valence-electron chi connectivity index (χ1n) is 6.19. The number of nitrogens with zero attached hydrogens (tertiary/aromatic N) is 1. The first kappa shape index (κ1) is 13.7. The fourth-order valence-electron chi connectivity index (χ4n) is 2.01. The van der Waals surface area contributed by atoms with Crippen LogP contribution in [-0.2, 0) is 9.59 Å². The highest BCUT2D eigenvalue weighted by atomic mass is 32.1. The number of ketones is 1. The van der Waals surface area contributed by atoms with Gasteiger partial charge in [0.1, 0.15) is 6.04 Å². The van der Waals surface area contributed by atoms with Crippen LogP contribution in [0.5, 0.6) is 0 Å². The lowest BCUT2D eigenvalue weighted by molar-refractivity contribution is -0.131. The zero-order valence-corrected chi connectivity index (χ0v) is 11.5. The first-order valence-corrected chi connectivity index (χ1v) is 7.07. The molecule has 2 rings (SSSR count). The molecule has 19 heavy (non-hydrogen) atoms. The summed E-state index contributed by atoms with van der Waals surface area (Å²) in [5, 5.41) is 4.51. The SMILES string of the molecule is CN1CCC(NC(=O)CCC(=O)c2cccs2)C1=O. The summed E-state index contributed by atoms with van der Waals surface area (Å²) in [6, 6.07) is 3.14. The van der Waals surface area contributed by atoms with Crippen molar-refractivity contribution < 1.29 is 14.4 Å². The third kappa shape index (κ3) is 3.41. The van der Waals surface area contributed by atoms with Gasteiger partial charge >= 0.3 is 0 Å². The molecule has 2 amide bonds. The number of hydrogen-bond donors (Lipinski definition) is 1. The second-order valence-electron chi connectivity index (χ2n) is 4.57. The van der Waals surface area contributed by atoms with Crippen molar-refractivity contribution in [3.05, 3.63) is 22.4 Å². The molecule has 1 N–H and O–H groups in total. The van der Waals surface area contributed by atoms with Crippen molar-refractivity contribution in [2.45, 2.75) is 25.3 Å². The lowest BCUT2D eigenvalue weighted by Gasteiger charge is -2.11. The Hall–Kier alpha value is -1.69. The van der Waals surface area contributed by atoms with Gasteiger partial charge in [-0.05, 0) is 17.9 Å². The summed E-state index contributed by atoms with van der Waals surface area (Å²) in [7, 11) is 1.72. The van der Waals surface area contributed by atoms with Crippen LogP contribution in [0.1, 0.15) is 28.9 Å². The Morgan fingerprint density at radius 1 is 1.47 bits per heavy atom. The maximum Gasteiger partial charge on any atom is 0.244 e. The van der Waals surface area contributed by atoms with Gasteiger partial charge in [-0.25, -0.2) is 0 Å². The largest absolute Gasteiger partial charge is 0.344 e. The van der Waals surface area contributed by atoms with Gasteiger partial charge in [0.15, 0.2) is 5.78 Å². The molecule has 0 bridgehead atoms. The van der Waals surface area contributed by atoms with Crippen molar-refractivity contribution in [1.82, 2.24) is 10.2 Å². The number of thiophene rings is 1. The predicted molar refractivity (Wildman–Crippen MR) is 72.1 cm³/mol. The summed E-state index contributed by atoms with van der Waals surface area (Å²) in [6.07, 6.45) is 0.952. The van der Waals surface area contributed by atoms with E-state index in [4.69, 9.17) is 0 Å². The number of Topliss-reactive ketones (excluding diaryl/α,β-unsaturated/α-hetero) is 1. The van der Waals surface area contributed by atoms with E-state index in [1.165, 1.54) is 11.3 Å². The summed E-state index contributed by atoms with van der Waals surface area (Å²) >= 11 is 1.37. The molecule has 1 atom stereocenters. The average molecular weight is 280 g/mol. The van der Waals surface area contributed by atoms with E-state index in [0.29, 0.717) is 17.8 Å². The van der Waals surface area contributed by atoms with E-state index < -0.39 is 6.04 Å². The zero-order chi connectivity index (χ0) is 13.8. The van der Waals surface area contributed by atoms with Crippen LogP contribution in [0.25, 0.3) is 0 Å². The summed E-state index contributed by atoms with van der Waals surface area (Å²) in [4.78, 5) is 37.3. The number of likely N-dealkylation sites (tertiary alicyclic amines) is 1. The molecule has 1 aromatic heterocycles. The Bertz CT molecular complexity index is 484. The molecule has 1 unspecified atom stereocenters. The third-order valence-electron chi connectivity index (χ3n) is 3.14. The molecule has 0 saturated carbocycles. The molecule has 1 aromatic rings. The van der Waals surface area contributed by atoms with E-state index in [-0.39, 0.29) is 30.4 Å². The molecular formula is C13H16N2O3S. The number of carbonyl (C=O) groups excluding carboxylic acids is 3. The molecule has 102 valence electrons. The van der Waals surface area contributed by atoms with Gasteiger partial charge in [-0.2, -0.15) is 0 Å². The number of likely N-dealkylation sites (N-methyl/N-ethyl adjacent to an activating group) is 1. The van der Waals surface area contributed by atoms with E-state index in [9.17, 15) is 14.4 Å². The van der Waals surface area contributed by atoms with Crippen LogP contribution in [-0.4, -0.2) is 42.1 Å². The molecule has 1 aliphatic heterocycles. The fourth-order valence-corrected chi connectivity index (χ4v) is 2.70. The highest BCUT2D eigenvalue weighted by Crippen LogP contribution is 2.13. The first-order chi connectivity index (χ1) is 9.08. The lowest BCUT2D eigenvalue weighted by atomic mass is 10.1. The minimum atomic E-state index is -0.422. The van der Waals surface area contributed by atoms with Gasteiger partial charge < -0.3 is 10.2 Å². The summed E-state index contributed by atoms with van der Waals surface area (Å²) in [6.45, 7) is 0.665. The topological polar surface area (TPSA) is 66.5 Å². The minimum Gasteiger partial charge on any atom is -0.344 e. The van der Waals surface area contributed by atoms with Crippen LogP contribution in [0.3, 0.4) is 0 Å². The van der Waals surface area contributed by atoms with E-state index in [2.05, 4.69) is 5.32 Å². The Labute approximate surface area is 115 Å². The molecule has 1 saturated heterocycles. The fraction of sp³-hybridized carbons (Fsp3) is 0.462. The van der Waals surface area contributed by atoms with Crippen molar-refractivity contribution in [2.24, 2.45) is 0 Å². The summed E-state index contributed by atoms with van der Waals surface area (Å²) in [5.41, 5.74) is 0. The maximum atomic E-state index is 11.7. The highest BCUT2D eigenvalue weighted by Gasteiger charge is 2.30. The quantitative estimate of drug-likeness (QED) is 0.820. The Balaban J connectivity index is 1.76. The van der Waals surface area contributed by atoms with Gasteiger partial charge in [0.25, 0.3) is 0 Å². The van der Waals surface area contributed by atoms with Crippen molar-refractivity contribution in [3.63, 3.8) is 0 Å². The van der Waals surface area contributed by atoms with Crippen LogP contribution in [0.15, 0.2) is 17.5 Å². The molecule has 0 spiro atoms. The maximum absolute atomic E-state index is 11.7. The second kappa shape index (κ2) is 5.97. The van der Waals surface area contributed by atoms with Crippen LogP contribution in [0.2, 0.25) is 0 Å². The van der Waals surface area contributed by atoms with E-state index in [1.807, 2.05) is 11.4 Å². The Kier molecular flexibility index (Phi) is 4.31. The van der Waals surface area contributed by atoms with Crippen LogP contribution in [0.4, 0.5) is 0 Å². The van der Waals surface area contributed by atoms with Crippen LogP contribution >= 0.6 is 11.3 Å². The molecule has 0 aliphatic carbocycles. The molecule has 1 fully saturated rings. The van der Waals surface area contributed by atoms with Gasteiger partial charge in [0, 0.05) is 26.4 Å². The Morgan fingerprint density at radius 3 is 2.84 bits per heavy atom.